The number of hydrogen-bond acceptors (Lipinski definition) is 6. The second kappa shape index (κ2) is 11.8. The molecule has 1 N–H and O–H groups in total. The van der Waals surface area contributed by atoms with Gasteiger partial charge in [-0.3, -0.25) is 9.59 Å². The highest BCUT2D eigenvalue weighted by Gasteiger charge is 2.29. The van der Waals surface area contributed by atoms with Crippen LogP contribution < -0.4 is 14.8 Å². The Morgan fingerprint density at radius 3 is 2.29 bits per heavy atom. The quantitative estimate of drug-likeness (QED) is 0.544. The van der Waals surface area contributed by atoms with E-state index in [0.29, 0.717) is 31.8 Å². The SMILES string of the molecule is COc1ccc(OC)c(CCNC(=O)CCC(=O)N2CCN(S(=O)(=O)c3ccccc3)CC2)c1. The van der Waals surface area contributed by atoms with Crippen LogP contribution in [0, 0.1) is 0 Å². The van der Waals surface area contributed by atoms with Crippen LogP contribution >= 0.6 is 0 Å². The van der Waals surface area contributed by atoms with Gasteiger partial charge in [-0.05, 0) is 42.3 Å². The Hall–Kier alpha value is -3.11. The van der Waals surface area contributed by atoms with E-state index < -0.39 is 10.0 Å². The van der Waals surface area contributed by atoms with E-state index in [-0.39, 0.29) is 42.6 Å². The summed E-state index contributed by atoms with van der Waals surface area (Å²) in [5, 5.41) is 2.83. The van der Waals surface area contributed by atoms with Gasteiger partial charge >= 0.3 is 0 Å². The average Bonchev–Trinajstić information content (AvgIpc) is 2.87. The topological polar surface area (TPSA) is 105 Å². The highest BCUT2D eigenvalue weighted by atomic mass is 32.2. The van der Waals surface area contributed by atoms with E-state index in [1.54, 1.807) is 49.5 Å². The molecule has 1 aliphatic heterocycles. The van der Waals surface area contributed by atoms with Crippen LogP contribution in [0.5, 0.6) is 11.5 Å². The molecule has 1 saturated heterocycles. The van der Waals surface area contributed by atoms with E-state index >= 15 is 0 Å². The lowest BCUT2D eigenvalue weighted by Gasteiger charge is -2.34. The summed E-state index contributed by atoms with van der Waals surface area (Å²) in [6, 6.07) is 13.8. The molecule has 0 bridgehead atoms. The Morgan fingerprint density at radius 2 is 1.65 bits per heavy atom. The molecule has 1 fully saturated rings. The molecule has 0 atom stereocenters. The van der Waals surface area contributed by atoms with Crippen molar-refractivity contribution in [2.75, 3.05) is 46.9 Å². The molecule has 0 radical (unpaired) electrons. The van der Waals surface area contributed by atoms with Gasteiger partial charge in [-0.15, -0.1) is 0 Å². The second-order valence-electron chi connectivity index (χ2n) is 7.88. The zero-order valence-electron chi connectivity index (χ0n) is 19.5. The van der Waals surface area contributed by atoms with Gasteiger partial charge in [-0.25, -0.2) is 8.42 Å². The summed E-state index contributed by atoms with van der Waals surface area (Å²) in [6.07, 6.45) is 0.730. The number of hydrogen-bond donors (Lipinski definition) is 1. The standard InChI is InChI=1S/C24H31N3O6S/c1-32-20-8-9-22(33-2)19(18-20)12-13-25-23(28)10-11-24(29)26-14-16-27(17-15-26)34(30,31)21-6-4-3-5-7-21/h3-9,18H,10-17H2,1-2H3,(H,25,28). The fourth-order valence-corrected chi connectivity index (χ4v) is 5.24. The normalized spacial score (nSPS) is 14.5. The molecular formula is C24H31N3O6S. The molecule has 2 amide bonds. The van der Waals surface area contributed by atoms with Crippen molar-refractivity contribution in [1.82, 2.24) is 14.5 Å². The van der Waals surface area contributed by atoms with Crippen LogP contribution in [0.3, 0.4) is 0 Å². The highest BCUT2D eigenvalue weighted by molar-refractivity contribution is 7.89. The lowest BCUT2D eigenvalue weighted by atomic mass is 10.1. The molecule has 1 heterocycles. The molecule has 0 aromatic heterocycles. The molecule has 1 aliphatic rings. The van der Waals surface area contributed by atoms with Crippen molar-refractivity contribution < 1.29 is 27.5 Å². The van der Waals surface area contributed by atoms with E-state index in [0.717, 1.165) is 11.3 Å². The van der Waals surface area contributed by atoms with Crippen LogP contribution in [0.15, 0.2) is 53.4 Å². The van der Waals surface area contributed by atoms with Crippen molar-refractivity contribution in [1.29, 1.82) is 0 Å². The first kappa shape index (κ1) is 25.5. The minimum absolute atomic E-state index is 0.0800. The number of sulfonamides is 1. The van der Waals surface area contributed by atoms with Crippen LogP contribution in [0.1, 0.15) is 18.4 Å². The number of carbonyl (C=O) groups excluding carboxylic acids is 2. The van der Waals surface area contributed by atoms with Crippen molar-refractivity contribution in [3.63, 3.8) is 0 Å². The molecule has 10 heteroatoms. The Morgan fingerprint density at radius 1 is 0.941 bits per heavy atom. The zero-order chi connectivity index (χ0) is 24.6. The molecule has 2 aromatic carbocycles. The largest absolute Gasteiger partial charge is 0.497 e. The second-order valence-corrected chi connectivity index (χ2v) is 9.81. The maximum atomic E-state index is 12.7. The van der Waals surface area contributed by atoms with Gasteiger partial charge in [0.25, 0.3) is 0 Å². The Bertz CT molecular complexity index is 1080. The van der Waals surface area contributed by atoms with Gasteiger partial charge in [0.15, 0.2) is 0 Å². The first-order valence-corrected chi connectivity index (χ1v) is 12.6. The van der Waals surface area contributed by atoms with Gasteiger partial charge in [-0.2, -0.15) is 4.31 Å². The van der Waals surface area contributed by atoms with Crippen molar-refractivity contribution in [2.45, 2.75) is 24.2 Å². The minimum Gasteiger partial charge on any atom is -0.497 e. The predicted molar refractivity (Wildman–Crippen MR) is 127 cm³/mol. The third-order valence-electron chi connectivity index (χ3n) is 5.74. The third kappa shape index (κ3) is 6.48. The molecule has 34 heavy (non-hydrogen) atoms. The van der Waals surface area contributed by atoms with Crippen molar-refractivity contribution in [3.8, 4) is 11.5 Å². The van der Waals surface area contributed by atoms with Gasteiger partial charge in [0.05, 0.1) is 19.1 Å². The number of methoxy groups -OCH3 is 2. The summed E-state index contributed by atoms with van der Waals surface area (Å²) in [5.74, 6) is 1.07. The van der Waals surface area contributed by atoms with E-state index in [1.165, 1.54) is 4.31 Å². The van der Waals surface area contributed by atoms with Crippen LogP contribution in [0.2, 0.25) is 0 Å². The van der Waals surface area contributed by atoms with Crippen LogP contribution in [-0.2, 0) is 26.0 Å². The van der Waals surface area contributed by atoms with E-state index in [2.05, 4.69) is 5.32 Å². The maximum Gasteiger partial charge on any atom is 0.243 e. The van der Waals surface area contributed by atoms with Gasteiger partial charge in [0.1, 0.15) is 11.5 Å². The fourth-order valence-electron chi connectivity index (χ4n) is 3.80. The fraction of sp³-hybridized carbons (Fsp3) is 0.417. The smallest absolute Gasteiger partial charge is 0.243 e. The lowest BCUT2D eigenvalue weighted by molar-refractivity contribution is -0.134. The molecule has 2 aromatic rings. The summed E-state index contributed by atoms with van der Waals surface area (Å²) < 4.78 is 37.4. The zero-order valence-corrected chi connectivity index (χ0v) is 20.3. The average molecular weight is 490 g/mol. The monoisotopic (exact) mass is 489 g/mol. The summed E-state index contributed by atoms with van der Waals surface area (Å²) in [6.45, 7) is 1.49. The van der Waals surface area contributed by atoms with E-state index in [1.807, 2.05) is 18.2 Å². The van der Waals surface area contributed by atoms with Crippen LogP contribution in [0.25, 0.3) is 0 Å². The summed E-state index contributed by atoms with van der Waals surface area (Å²) >= 11 is 0. The molecule has 184 valence electrons. The molecule has 3 rings (SSSR count). The minimum atomic E-state index is -3.57. The lowest BCUT2D eigenvalue weighted by Crippen LogP contribution is -2.50. The number of carbonyl (C=O) groups is 2. The molecule has 9 nitrogen and oxygen atoms in total. The molecule has 0 unspecified atom stereocenters. The number of ether oxygens (including phenoxy) is 2. The molecule has 0 saturated carbocycles. The van der Waals surface area contributed by atoms with E-state index in [9.17, 15) is 18.0 Å². The van der Waals surface area contributed by atoms with Crippen molar-refractivity contribution in [3.05, 3.63) is 54.1 Å². The number of benzene rings is 2. The van der Waals surface area contributed by atoms with Crippen molar-refractivity contribution in [2.24, 2.45) is 0 Å². The number of amides is 2. The summed E-state index contributed by atoms with van der Waals surface area (Å²) in [5.41, 5.74) is 0.918. The summed E-state index contributed by atoms with van der Waals surface area (Å²) in [7, 11) is -0.386. The molecular weight excluding hydrogens is 458 g/mol. The van der Waals surface area contributed by atoms with Crippen molar-refractivity contribution >= 4 is 21.8 Å². The Balaban J connectivity index is 1.40. The number of rotatable bonds is 10. The maximum absolute atomic E-state index is 12.7. The third-order valence-corrected chi connectivity index (χ3v) is 7.66. The Kier molecular flexibility index (Phi) is 8.89. The van der Waals surface area contributed by atoms with Gasteiger partial charge in [-0.1, -0.05) is 18.2 Å². The first-order valence-electron chi connectivity index (χ1n) is 11.2. The Labute approximate surface area is 200 Å². The first-order chi connectivity index (χ1) is 16.3. The molecule has 0 aliphatic carbocycles. The van der Waals surface area contributed by atoms with Crippen LogP contribution in [0.4, 0.5) is 0 Å². The number of nitrogens with one attached hydrogen (secondary N) is 1. The number of nitrogens with zero attached hydrogens (tertiary/aromatic N) is 2. The highest BCUT2D eigenvalue weighted by Crippen LogP contribution is 2.24. The van der Waals surface area contributed by atoms with Gasteiger partial charge < -0.3 is 19.7 Å². The summed E-state index contributed by atoms with van der Waals surface area (Å²) in [4.78, 5) is 26.6. The molecule has 0 spiro atoms. The predicted octanol–water partition coefficient (Wildman–Crippen LogP) is 1.68. The number of piperazine rings is 1. The van der Waals surface area contributed by atoms with E-state index in [4.69, 9.17) is 9.47 Å². The van der Waals surface area contributed by atoms with Crippen LogP contribution in [-0.4, -0.2) is 76.4 Å². The van der Waals surface area contributed by atoms with Gasteiger partial charge in [0.2, 0.25) is 21.8 Å². The van der Waals surface area contributed by atoms with Gasteiger partial charge in [0, 0.05) is 45.6 Å².